The second-order valence-corrected chi connectivity index (χ2v) is 8.18. The Bertz CT molecular complexity index is 939. The molecule has 2 aromatic heterocycles. The number of rotatable bonds is 4. The summed E-state index contributed by atoms with van der Waals surface area (Å²) in [6.45, 7) is 5.43. The molecule has 3 aromatic rings. The summed E-state index contributed by atoms with van der Waals surface area (Å²) in [5, 5.41) is 14.7. The van der Waals surface area contributed by atoms with Gasteiger partial charge in [0.1, 0.15) is 0 Å². The minimum Gasteiger partial charge on any atom is -0.417 e. The van der Waals surface area contributed by atoms with Crippen molar-refractivity contribution in [2.45, 2.75) is 70.5 Å². The fraction of sp³-hybridized carbons (Fsp3) is 0.571. The van der Waals surface area contributed by atoms with Crippen LogP contribution in [-0.4, -0.2) is 37.5 Å². The minimum atomic E-state index is 0.267. The summed E-state index contributed by atoms with van der Waals surface area (Å²) < 4.78 is 8.26. The van der Waals surface area contributed by atoms with Crippen molar-refractivity contribution >= 4 is 10.9 Å². The van der Waals surface area contributed by atoms with Gasteiger partial charge in [-0.25, -0.2) is 0 Å². The maximum Gasteiger partial charge on any atom is 0.268 e. The Balaban J connectivity index is 1.51. The van der Waals surface area contributed by atoms with E-state index < -0.39 is 0 Å². The number of aromatic nitrogens is 4. The first-order chi connectivity index (χ1) is 13.2. The molecule has 0 amide bonds. The highest BCUT2D eigenvalue weighted by Gasteiger charge is 2.36. The molecule has 5 rings (SSSR count). The number of benzene rings is 1. The zero-order valence-electron chi connectivity index (χ0n) is 16.1. The van der Waals surface area contributed by atoms with Gasteiger partial charge in [0.15, 0.2) is 5.69 Å². The summed E-state index contributed by atoms with van der Waals surface area (Å²) in [5.74, 6) is 1.31. The number of piperidine rings is 1. The highest BCUT2D eigenvalue weighted by Crippen LogP contribution is 2.38. The lowest BCUT2D eigenvalue weighted by molar-refractivity contribution is 0.0384. The number of fused-ring (bicyclic) bond motifs is 1. The van der Waals surface area contributed by atoms with E-state index in [1.807, 2.05) is 16.8 Å². The van der Waals surface area contributed by atoms with Crippen LogP contribution in [0.25, 0.3) is 22.5 Å². The van der Waals surface area contributed by atoms with Gasteiger partial charge in [-0.1, -0.05) is 31.0 Å². The van der Waals surface area contributed by atoms with Crippen molar-refractivity contribution in [3.05, 3.63) is 30.2 Å². The maximum absolute atomic E-state index is 6.22. The molecule has 2 fully saturated rings. The Morgan fingerprint density at radius 2 is 1.89 bits per heavy atom. The number of hydrogen-bond acceptors (Lipinski definition) is 5. The van der Waals surface area contributed by atoms with Gasteiger partial charge < -0.3 is 4.42 Å². The van der Waals surface area contributed by atoms with Gasteiger partial charge in [-0.3, -0.25) is 9.58 Å². The Morgan fingerprint density at radius 3 is 2.67 bits per heavy atom. The summed E-state index contributed by atoms with van der Waals surface area (Å²) in [7, 11) is 0. The standard InChI is InChI=1S/C21H27N5O/c1-14(2)26-17-11-4-3-10-16(17)19(24-26)21-23-22-20(27-21)18-12-5-6-13-25(18)15-8-7-9-15/h3-4,10-11,14-15,18H,5-9,12-13H2,1-2H3. The molecule has 0 N–H and O–H groups in total. The molecule has 6 nitrogen and oxygen atoms in total. The van der Waals surface area contributed by atoms with Gasteiger partial charge in [-0.05, 0) is 52.1 Å². The summed E-state index contributed by atoms with van der Waals surface area (Å²) >= 11 is 0. The van der Waals surface area contributed by atoms with Gasteiger partial charge in [0.2, 0.25) is 5.89 Å². The van der Waals surface area contributed by atoms with Crippen molar-refractivity contribution in [1.82, 2.24) is 24.9 Å². The van der Waals surface area contributed by atoms with Crippen LogP contribution in [0.2, 0.25) is 0 Å². The first kappa shape index (κ1) is 16.9. The molecule has 6 heteroatoms. The third kappa shape index (κ3) is 2.87. The van der Waals surface area contributed by atoms with Crippen LogP contribution in [0.5, 0.6) is 0 Å². The number of para-hydroxylation sites is 1. The normalized spacial score (nSPS) is 21.8. The van der Waals surface area contributed by atoms with E-state index in [4.69, 9.17) is 9.52 Å². The highest BCUT2D eigenvalue weighted by atomic mass is 16.4. The molecule has 3 heterocycles. The molecule has 1 aliphatic carbocycles. The first-order valence-electron chi connectivity index (χ1n) is 10.3. The first-order valence-corrected chi connectivity index (χ1v) is 10.3. The Hall–Kier alpha value is -2.21. The second kappa shape index (κ2) is 6.75. The van der Waals surface area contributed by atoms with Gasteiger partial charge in [0.05, 0.1) is 11.6 Å². The van der Waals surface area contributed by atoms with E-state index >= 15 is 0 Å². The van der Waals surface area contributed by atoms with Crippen LogP contribution in [0, 0.1) is 0 Å². The molecule has 1 aromatic carbocycles. The van der Waals surface area contributed by atoms with Crippen molar-refractivity contribution in [1.29, 1.82) is 0 Å². The number of likely N-dealkylation sites (tertiary alicyclic amines) is 1. The van der Waals surface area contributed by atoms with E-state index in [0.717, 1.165) is 35.5 Å². The average molecular weight is 365 g/mol. The van der Waals surface area contributed by atoms with Crippen LogP contribution in [0.15, 0.2) is 28.7 Å². The van der Waals surface area contributed by atoms with Crippen LogP contribution in [0.3, 0.4) is 0 Å². The van der Waals surface area contributed by atoms with Crippen molar-refractivity contribution in [2.24, 2.45) is 0 Å². The molecule has 27 heavy (non-hydrogen) atoms. The molecular formula is C21H27N5O. The van der Waals surface area contributed by atoms with Crippen molar-refractivity contribution in [3.63, 3.8) is 0 Å². The van der Waals surface area contributed by atoms with E-state index in [9.17, 15) is 0 Å². The SMILES string of the molecule is CC(C)n1nc(-c2nnc(C3CCCCN3C3CCC3)o2)c2ccccc21. The molecule has 0 spiro atoms. The van der Waals surface area contributed by atoms with Crippen molar-refractivity contribution < 1.29 is 4.42 Å². The minimum absolute atomic E-state index is 0.267. The molecule has 1 saturated carbocycles. The van der Waals surface area contributed by atoms with Gasteiger partial charge in [0, 0.05) is 17.5 Å². The van der Waals surface area contributed by atoms with E-state index in [-0.39, 0.29) is 12.1 Å². The predicted molar refractivity (Wildman–Crippen MR) is 104 cm³/mol. The van der Waals surface area contributed by atoms with E-state index in [0.29, 0.717) is 11.9 Å². The summed E-state index contributed by atoms with van der Waals surface area (Å²) in [6.07, 6.45) is 7.58. The molecule has 0 radical (unpaired) electrons. The van der Waals surface area contributed by atoms with Gasteiger partial charge >= 0.3 is 0 Å². The second-order valence-electron chi connectivity index (χ2n) is 8.18. The van der Waals surface area contributed by atoms with Crippen LogP contribution in [0.4, 0.5) is 0 Å². The quantitative estimate of drug-likeness (QED) is 0.668. The molecule has 1 atom stereocenters. The molecule has 0 bridgehead atoms. The lowest BCUT2D eigenvalue weighted by Crippen LogP contribution is -2.45. The molecule has 142 valence electrons. The van der Waals surface area contributed by atoms with E-state index in [2.05, 4.69) is 41.1 Å². The summed E-state index contributed by atoms with van der Waals surface area (Å²) in [4.78, 5) is 2.61. The predicted octanol–water partition coefficient (Wildman–Crippen LogP) is 4.75. The van der Waals surface area contributed by atoms with Gasteiger partial charge in [0.25, 0.3) is 5.89 Å². The molecule has 1 aliphatic heterocycles. The van der Waals surface area contributed by atoms with E-state index in [1.54, 1.807) is 0 Å². The van der Waals surface area contributed by atoms with Gasteiger partial charge in [-0.15, -0.1) is 10.2 Å². The van der Waals surface area contributed by atoms with E-state index in [1.165, 1.54) is 32.1 Å². The largest absolute Gasteiger partial charge is 0.417 e. The monoisotopic (exact) mass is 365 g/mol. The number of nitrogens with zero attached hydrogens (tertiary/aromatic N) is 5. The molecule has 2 aliphatic rings. The maximum atomic E-state index is 6.22. The Kier molecular flexibility index (Phi) is 4.23. The highest BCUT2D eigenvalue weighted by molar-refractivity contribution is 5.91. The molecular weight excluding hydrogens is 338 g/mol. The van der Waals surface area contributed by atoms with Crippen molar-refractivity contribution in [3.8, 4) is 11.6 Å². The number of hydrogen-bond donors (Lipinski definition) is 0. The summed E-state index contributed by atoms with van der Waals surface area (Å²) in [5.41, 5.74) is 1.90. The third-order valence-corrected chi connectivity index (χ3v) is 6.12. The zero-order chi connectivity index (χ0) is 18.4. The van der Waals surface area contributed by atoms with Gasteiger partial charge in [-0.2, -0.15) is 5.10 Å². The topological polar surface area (TPSA) is 60.0 Å². The van der Waals surface area contributed by atoms with Crippen LogP contribution >= 0.6 is 0 Å². The molecule has 1 unspecified atom stereocenters. The Labute approximate surface area is 159 Å². The van der Waals surface area contributed by atoms with Crippen molar-refractivity contribution in [2.75, 3.05) is 6.54 Å². The average Bonchev–Trinajstić information content (AvgIpc) is 3.25. The fourth-order valence-corrected chi connectivity index (χ4v) is 4.48. The Morgan fingerprint density at radius 1 is 1.04 bits per heavy atom. The third-order valence-electron chi connectivity index (χ3n) is 6.12. The van der Waals surface area contributed by atoms with Crippen LogP contribution in [-0.2, 0) is 0 Å². The summed E-state index contributed by atoms with van der Waals surface area (Å²) in [6, 6.07) is 9.51. The zero-order valence-corrected chi connectivity index (χ0v) is 16.1. The molecule has 1 saturated heterocycles. The van der Waals surface area contributed by atoms with Crippen LogP contribution < -0.4 is 0 Å². The van der Waals surface area contributed by atoms with Crippen LogP contribution in [0.1, 0.15) is 70.3 Å². The fourth-order valence-electron chi connectivity index (χ4n) is 4.48. The lowest BCUT2D eigenvalue weighted by Gasteiger charge is -2.43. The lowest BCUT2D eigenvalue weighted by atomic mass is 9.87. The smallest absolute Gasteiger partial charge is 0.268 e.